The van der Waals surface area contributed by atoms with E-state index in [0.717, 1.165) is 50.2 Å². The quantitative estimate of drug-likeness (QED) is 0.662. The zero-order valence-electron chi connectivity index (χ0n) is 15.5. The second-order valence-corrected chi connectivity index (χ2v) is 7.63. The predicted octanol–water partition coefficient (Wildman–Crippen LogP) is 2.93. The number of hydrogen-bond donors (Lipinski definition) is 0. The van der Waals surface area contributed by atoms with Gasteiger partial charge in [-0.15, -0.1) is 0 Å². The van der Waals surface area contributed by atoms with Crippen molar-refractivity contribution in [2.75, 3.05) is 19.6 Å². The van der Waals surface area contributed by atoms with Crippen molar-refractivity contribution in [2.45, 2.75) is 38.5 Å². The summed E-state index contributed by atoms with van der Waals surface area (Å²) in [5, 5.41) is 0. The SMILES string of the molecule is O=c1c(CC#CCN2CCCC2)ccc2n3ccc4c3c(cnc1-2)CCC4. The Morgan fingerprint density at radius 3 is 2.74 bits per heavy atom. The summed E-state index contributed by atoms with van der Waals surface area (Å²) in [6.45, 7) is 3.11. The molecule has 4 nitrogen and oxygen atoms in total. The fraction of sp³-hybridized carbons (Fsp3) is 0.391. The molecular formula is C23H23N3O. The Morgan fingerprint density at radius 2 is 1.85 bits per heavy atom. The maximum atomic E-state index is 13.0. The molecule has 0 N–H and O–H groups in total. The van der Waals surface area contributed by atoms with Crippen LogP contribution in [-0.2, 0) is 19.3 Å². The van der Waals surface area contributed by atoms with Crippen LogP contribution in [0.5, 0.6) is 0 Å². The monoisotopic (exact) mass is 357 g/mol. The van der Waals surface area contributed by atoms with Crippen molar-refractivity contribution in [2.24, 2.45) is 0 Å². The molecule has 136 valence electrons. The summed E-state index contributed by atoms with van der Waals surface area (Å²) in [5.74, 6) is 6.42. The van der Waals surface area contributed by atoms with Gasteiger partial charge >= 0.3 is 0 Å². The highest BCUT2D eigenvalue weighted by Crippen LogP contribution is 2.28. The Morgan fingerprint density at radius 1 is 1.00 bits per heavy atom. The largest absolute Gasteiger partial charge is 0.314 e. The summed E-state index contributed by atoms with van der Waals surface area (Å²) in [4.78, 5) is 20.0. The third-order valence-corrected chi connectivity index (χ3v) is 5.87. The lowest BCUT2D eigenvalue weighted by Crippen LogP contribution is -2.19. The van der Waals surface area contributed by atoms with Crippen LogP contribution in [0.3, 0.4) is 0 Å². The van der Waals surface area contributed by atoms with Crippen LogP contribution in [0.15, 0.2) is 35.4 Å². The maximum absolute atomic E-state index is 13.0. The van der Waals surface area contributed by atoms with Gasteiger partial charge in [0, 0.05) is 24.4 Å². The second-order valence-electron chi connectivity index (χ2n) is 7.63. The highest BCUT2D eigenvalue weighted by molar-refractivity contribution is 5.70. The summed E-state index contributed by atoms with van der Waals surface area (Å²) in [7, 11) is 0. The van der Waals surface area contributed by atoms with Crippen LogP contribution in [0.25, 0.3) is 16.9 Å². The van der Waals surface area contributed by atoms with E-state index in [2.05, 4.69) is 38.4 Å². The Hall–Kier alpha value is -2.64. The van der Waals surface area contributed by atoms with Crippen LogP contribution in [-0.4, -0.2) is 33.9 Å². The molecule has 0 radical (unpaired) electrons. The third kappa shape index (κ3) is 2.93. The van der Waals surface area contributed by atoms with Gasteiger partial charge in [-0.2, -0.15) is 0 Å². The molecule has 1 aromatic rings. The first kappa shape index (κ1) is 16.5. The van der Waals surface area contributed by atoms with E-state index in [1.54, 1.807) is 0 Å². The molecule has 1 saturated heterocycles. The summed E-state index contributed by atoms with van der Waals surface area (Å²) < 4.78 is 2.15. The van der Waals surface area contributed by atoms with E-state index < -0.39 is 0 Å². The number of nitrogens with zero attached hydrogens (tertiary/aromatic N) is 3. The smallest absolute Gasteiger partial charge is 0.210 e. The highest BCUT2D eigenvalue weighted by atomic mass is 16.1. The zero-order chi connectivity index (χ0) is 18.2. The van der Waals surface area contributed by atoms with Crippen molar-refractivity contribution in [1.82, 2.24) is 14.3 Å². The first-order valence-electron chi connectivity index (χ1n) is 9.93. The van der Waals surface area contributed by atoms with Crippen molar-refractivity contribution in [3.05, 3.63) is 57.5 Å². The Bertz CT molecular complexity index is 1100. The highest BCUT2D eigenvalue weighted by Gasteiger charge is 2.19. The van der Waals surface area contributed by atoms with Crippen LogP contribution in [0.2, 0.25) is 0 Å². The molecule has 0 unspecified atom stereocenters. The van der Waals surface area contributed by atoms with Gasteiger partial charge < -0.3 is 4.40 Å². The van der Waals surface area contributed by atoms with E-state index in [1.807, 2.05) is 18.3 Å². The molecule has 3 heterocycles. The van der Waals surface area contributed by atoms with Crippen LogP contribution in [0.4, 0.5) is 0 Å². The van der Waals surface area contributed by atoms with Gasteiger partial charge in [0.15, 0.2) is 0 Å². The lowest BCUT2D eigenvalue weighted by Gasteiger charge is -2.10. The topological polar surface area (TPSA) is 37.6 Å². The molecule has 4 heteroatoms. The minimum absolute atomic E-state index is 0.0147. The minimum atomic E-state index is 0.0147. The molecule has 0 saturated carbocycles. The molecule has 0 amide bonds. The number of rotatable bonds is 2. The van der Waals surface area contributed by atoms with Gasteiger partial charge in [-0.1, -0.05) is 17.9 Å². The maximum Gasteiger partial charge on any atom is 0.210 e. The summed E-state index contributed by atoms with van der Waals surface area (Å²) >= 11 is 0. The Labute approximate surface area is 159 Å². The summed E-state index contributed by atoms with van der Waals surface area (Å²) in [6.07, 6.45) is 10.3. The summed E-state index contributed by atoms with van der Waals surface area (Å²) in [6, 6.07) is 6.14. The van der Waals surface area contributed by atoms with Crippen molar-refractivity contribution in [3.63, 3.8) is 0 Å². The lowest BCUT2D eigenvalue weighted by atomic mass is 9.98. The van der Waals surface area contributed by atoms with Gasteiger partial charge in [-0.05, 0) is 68.5 Å². The molecule has 27 heavy (non-hydrogen) atoms. The molecule has 0 atom stereocenters. The average molecular weight is 357 g/mol. The molecule has 2 aliphatic carbocycles. The number of aromatic nitrogens is 2. The Kier molecular flexibility index (Phi) is 4.18. The van der Waals surface area contributed by atoms with Crippen molar-refractivity contribution in [1.29, 1.82) is 0 Å². The Balaban J connectivity index is 1.51. The molecule has 5 rings (SSSR count). The minimum Gasteiger partial charge on any atom is -0.314 e. The normalized spacial score (nSPS) is 16.6. The number of aryl methyl sites for hydroxylation is 2. The first-order chi connectivity index (χ1) is 13.3. The van der Waals surface area contributed by atoms with E-state index in [9.17, 15) is 4.79 Å². The van der Waals surface area contributed by atoms with Gasteiger partial charge in [0.1, 0.15) is 5.69 Å². The van der Waals surface area contributed by atoms with Crippen molar-refractivity contribution >= 4 is 5.52 Å². The zero-order valence-corrected chi connectivity index (χ0v) is 15.5. The molecule has 0 aromatic carbocycles. The van der Waals surface area contributed by atoms with Gasteiger partial charge in [-0.25, -0.2) is 0 Å². The van der Waals surface area contributed by atoms with Crippen LogP contribution in [0.1, 0.15) is 36.0 Å². The first-order valence-corrected chi connectivity index (χ1v) is 9.93. The van der Waals surface area contributed by atoms with E-state index in [1.165, 1.54) is 29.5 Å². The molecule has 2 aliphatic heterocycles. The number of hydrogen-bond acceptors (Lipinski definition) is 3. The van der Waals surface area contributed by atoms with Gasteiger partial charge in [0.05, 0.1) is 17.8 Å². The number of benzene rings is 1. The number of fused-ring (bicyclic) bond motifs is 2. The van der Waals surface area contributed by atoms with Crippen LogP contribution in [0, 0.1) is 11.8 Å². The van der Waals surface area contributed by atoms with Crippen LogP contribution >= 0.6 is 0 Å². The third-order valence-electron chi connectivity index (χ3n) is 5.87. The lowest BCUT2D eigenvalue weighted by molar-refractivity contribution is 0.383. The molecular weight excluding hydrogens is 334 g/mol. The fourth-order valence-corrected chi connectivity index (χ4v) is 4.42. The van der Waals surface area contributed by atoms with E-state index >= 15 is 0 Å². The average Bonchev–Trinajstić information content (AvgIpc) is 3.31. The molecule has 0 spiro atoms. The predicted molar refractivity (Wildman–Crippen MR) is 107 cm³/mol. The van der Waals surface area contributed by atoms with Gasteiger partial charge in [-0.3, -0.25) is 14.7 Å². The van der Waals surface area contributed by atoms with E-state index in [-0.39, 0.29) is 5.43 Å². The summed E-state index contributed by atoms with van der Waals surface area (Å²) in [5.41, 5.74) is 6.04. The molecule has 4 aliphatic rings. The van der Waals surface area contributed by atoms with Crippen LogP contribution < -0.4 is 5.43 Å². The fourth-order valence-electron chi connectivity index (χ4n) is 4.42. The number of likely N-dealkylation sites (tertiary alicyclic amines) is 1. The molecule has 0 bridgehead atoms. The van der Waals surface area contributed by atoms with E-state index in [0.29, 0.717) is 12.1 Å². The molecule has 1 aromatic heterocycles. The van der Waals surface area contributed by atoms with Crippen molar-refractivity contribution < 1.29 is 0 Å². The van der Waals surface area contributed by atoms with Gasteiger partial charge in [0.25, 0.3) is 0 Å². The molecule has 1 fully saturated rings. The van der Waals surface area contributed by atoms with Gasteiger partial charge in [0.2, 0.25) is 5.43 Å². The van der Waals surface area contributed by atoms with E-state index in [4.69, 9.17) is 0 Å². The second kappa shape index (κ2) is 6.83. The van der Waals surface area contributed by atoms with Crippen molar-refractivity contribution in [3.8, 4) is 23.2 Å². The standard InChI is InChI=1S/C23H23N3O/c27-23-18(6-1-2-12-25-13-3-4-14-25)9-10-20-21(23)24-16-19-8-5-7-17-11-15-26(20)22(17)19/h9-11,15-16H,3-8,12-14H2.